The number of pyridine rings is 1. The van der Waals surface area contributed by atoms with Crippen molar-refractivity contribution >= 4 is 0 Å². The first-order chi connectivity index (χ1) is 6.97. The molecular weight excluding hydrogens is 186 g/mol. The van der Waals surface area contributed by atoms with E-state index in [4.69, 9.17) is 5.11 Å². The molecule has 0 aliphatic carbocycles. The number of rotatable bonds is 3. The molecule has 0 saturated heterocycles. The van der Waals surface area contributed by atoms with Crippen molar-refractivity contribution in [1.82, 2.24) is 4.98 Å². The molecule has 2 nitrogen and oxygen atoms in total. The zero-order valence-corrected chi connectivity index (χ0v) is 10.3. The van der Waals surface area contributed by atoms with Gasteiger partial charge in [-0.05, 0) is 36.0 Å². The quantitative estimate of drug-likeness (QED) is 0.826. The second-order valence-corrected chi connectivity index (χ2v) is 4.70. The first-order valence-corrected chi connectivity index (χ1v) is 5.58. The van der Waals surface area contributed by atoms with Crippen LogP contribution in [0.25, 0.3) is 0 Å². The molecule has 0 unspecified atom stereocenters. The van der Waals surface area contributed by atoms with Crippen LogP contribution in [0.5, 0.6) is 0 Å². The molecule has 0 saturated carbocycles. The van der Waals surface area contributed by atoms with Crippen molar-refractivity contribution in [2.45, 2.75) is 53.1 Å². The van der Waals surface area contributed by atoms with E-state index in [0.29, 0.717) is 11.8 Å². The van der Waals surface area contributed by atoms with E-state index < -0.39 is 0 Å². The summed E-state index contributed by atoms with van der Waals surface area (Å²) >= 11 is 0. The summed E-state index contributed by atoms with van der Waals surface area (Å²) in [5, 5.41) is 9.14. The molecule has 0 amide bonds. The van der Waals surface area contributed by atoms with Crippen molar-refractivity contribution in [3.63, 3.8) is 0 Å². The first kappa shape index (κ1) is 12.2. The van der Waals surface area contributed by atoms with Crippen LogP contribution in [0.3, 0.4) is 0 Å². The van der Waals surface area contributed by atoms with Gasteiger partial charge in [0.2, 0.25) is 0 Å². The topological polar surface area (TPSA) is 33.1 Å². The third-order valence-corrected chi connectivity index (χ3v) is 2.63. The zero-order valence-electron chi connectivity index (χ0n) is 10.3. The molecule has 0 aliphatic heterocycles. The Bertz CT molecular complexity index is 343. The zero-order chi connectivity index (χ0) is 11.6. The van der Waals surface area contributed by atoms with E-state index in [0.717, 1.165) is 11.4 Å². The molecular formula is C13H21NO. The summed E-state index contributed by atoms with van der Waals surface area (Å²) in [6.07, 6.45) is 0. The third kappa shape index (κ3) is 2.57. The van der Waals surface area contributed by atoms with E-state index in [1.807, 2.05) is 6.07 Å². The van der Waals surface area contributed by atoms with Crippen molar-refractivity contribution in [3.05, 3.63) is 28.6 Å². The van der Waals surface area contributed by atoms with Crippen molar-refractivity contribution in [2.24, 2.45) is 0 Å². The fourth-order valence-corrected chi connectivity index (χ4v) is 2.05. The van der Waals surface area contributed by atoms with E-state index in [9.17, 15) is 0 Å². The predicted octanol–water partition coefficient (Wildman–Crippen LogP) is 3.13. The highest BCUT2D eigenvalue weighted by molar-refractivity contribution is 5.35. The van der Waals surface area contributed by atoms with Gasteiger partial charge < -0.3 is 5.11 Å². The van der Waals surface area contributed by atoms with E-state index >= 15 is 0 Å². The van der Waals surface area contributed by atoms with Crippen LogP contribution in [0.4, 0.5) is 0 Å². The Kier molecular flexibility index (Phi) is 3.86. The number of nitrogens with zero attached hydrogens (tertiary/aromatic N) is 1. The fourth-order valence-electron chi connectivity index (χ4n) is 2.05. The average Bonchev–Trinajstić information content (AvgIpc) is 2.15. The summed E-state index contributed by atoms with van der Waals surface area (Å²) in [6.45, 7) is 10.8. The van der Waals surface area contributed by atoms with Gasteiger partial charge in [-0.25, -0.2) is 0 Å². The van der Waals surface area contributed by atoms with E-state index in [1.54, 1.807) is 0 Å². The number of hydrogen-bond acceptors (Lipinski definition) is 2. The molecule has 0 atom stereocenters. The van der Waals surface area contributed by atoms with Crippen LogP contribution in [-0.2, 0) is 6.61 Å². The number of aliphatic hydroxyl groups excluding tert-OH is 1. The van der Waals surface area contributed by atoms with Gasteiger partial charge in [0.1, 0.15) is 0 Å². The summed E-state index contributed by atoms with van der Waals surface area (Å²) in [6, 6.07) is 1.99. The first-order valence-electron chi connectivity index (χ1n) is 5.58. The Balaban J connectivity index is 3.36. The number of aliphatic hydroxyl groups is 1. The highest BCUT2D eigenvalue weighted by atomic mass is 16.3. The molecule has 15 heavy (non-hydrogen) atoms. The van der Waals surface area contributed by atoms with Crippen LogP contribution >= 0.6 is 0 Å². The van der Waals surface area contributed by atoms with Crippen LogP contribution in [0.15, 0.2) is 6.07 Å². The summed E-state index contributed by atoms with van der Waals surface area (Å²) in [5.74, 6) is 0.898. The number of hydrogen-bond donors (Lipinski definition) is 1. The lowest BCUT2D eigenvalue weighted by Gasteiger charge is -2.18. The molecule has 1 rings (SSSR count). The predicted molar refractivity (Wildman–Crippen MR) is 63.1 cm³/mol. The van der Waals surface area contributed by atoms with Crippen LogP contribution < -0.4 is 0 Å². The summed E-state index contributed by atoms with van der Waals surface area (Å²) in [7, 11) is 0. The molecule has 2 heteroatoms. The van der Waals surface area contributed by atoms with Crippen LogP contribution in [0.2, 0.25) is 0 Å². The SMILES string of the molecule is Cc1cc(CO)nc(C(C)C)c1C(C)C. The maximum atomic E-state index is 9.14. The lowest BCUT2D eigenvalue weighted by Crippen LogP contribution is -2.07. The Labute approximate surface area is 92.4 Å². The maximum absolute atomic E-state index is 9.14. The molecule has 1 aromatic rings. The van der Waals surface area contributed by atoms with Crippen LogP contribution in [0.1, 0.15) is 62.0 Å². The lowest BCUT2D eigenvalue weighted by atomic mass is 9.91. The third-order valence-electron chi connectivity index (χ3n) is 2.63. The Morgan fingerprint density at radius 1 is 1.20 bits per heavy atom. The van der Waals surface area contributed by atoms with Gasteiger partial charge in [-0.2, -0.15) is 0 Å². The Morgan fingerprint density at radius 2 is 1.80 bits per heavy atom. The average molecular weight is 207 g/mol. The summed E-state index contributed by atoms with van der Waals surface area (Å²) in [5.41, 5.74) is 4.49. The van der Waals surface area contributed by atoms with Crippen molar-refractivity contribution in [3.8, 4) is 0 Å². The highest BCUT2D eigenvalue weighted by Gasteiger charge is 2.15. The molecule has 0 spiro atoms. The summed E-state index contributed by atoms with van der Waals surface area (Å²) < 4.78 is 0. The van der Waals surface area contributed by atoms with Gasteiger partial charge in [0.25, 0.3) is 0 Å². The maximum Gasteiger partial charge on any atom is 0.0853 e. The lowest BCUT2D eigenvalue weighted by molar-refractivity contribution is 0.276. The number of aryl methyl sites for hydroxylation is 1. The Morgan fingerprint density at radius 3 is 2.20 bits per heavy atom. The Hall–Kier alpha value is -0.890. The van der Waals surface area contributed by atoms with Gasteiger partial charge in [0, 0.05) is 5.69 Å². The minimum absolute atomic E-state index is 0.0267. The largest absolute Gasteiger partial charge is 0.390 e. The highest BCUT2D eigenvalue weighted by Crippen LogP contribution is 2.28. The molecule has 84 valence electrons. The minimum atomic E-state index is 0.0267. The molecule has 1 heterocycles. The molecule has 0 aromatic carbocycles. The summed E-state index contributed by atoms with van der Waals surface area (Å²) in [4.78, 5) is 4.52. The normalized spacial score (nSPS) is 11.5. The fraction of sp³-hybridized carbons (Fsp3) is 0.615. The molecule has 0 radical (unpaired) electrons. The monoisotopic (exact) mass is 207 g/mol. The van der Waals surface area contributed by atoms with E-state index in [1.165, 1.54) is 11.1 Å². The second-order valence-electron chi connectivity index (χ2n) is 4.70. The van der Waals surface area contributed by atoms with Gasteiger partial charge in [0.15, 0.2) is 0 Å². The van der Waals surface area contributed by atoms with Crippen molar-refractivity contribution < 1.29 is 5.11 Å². The van der Waals surface area contributed by atoms with Gasteiger partial charge in [-0.15, -0.1) is 0 Å². The second kappa shape index (κ2) is 4.75. The standard InChI is InChI=1S/C13H21NO/c1-8(2)12-10(5)6-11(7-15)14-13(12)9(3)4/h6,8-9,15H,7H2,1-5H3. The van der Waals surface area contributed by atoms with Gasteiger partial charge in [-0.1, -0.05) is 27.7 Å². The minimum Gasteiger partial charge on any atom is -0.390 e. The van der Waals surface area contributed by atoms with Gasteiger partial charge in [-0.3, -0.25) is 4.98 Å². The molecule has 1 aromatic heterocycles. The van der Waals surface area contributed by atoms with Crippen LogP contribution in [-0.4, -0.2) is 10.1 Å². The van der Waals surface area contributed by atoms with Gasteiger partial charge in [0.05, 0.1) is 12.3 Å². The molecule has 0 aliphatic rings. The van der Waals surface area contributed by atoms with Crippen LogP contribution in [0, 0.1) is 6.92 Å². The van der Waals surface area contributed by atoms with E-state index in [-0.39, 0.29) is 6.61 Å². The smallest absolute Gasteiger partial charge is 0.0853 e. The number of aromatic nitrogens is 1. The van der Waals surface area contributed by atoms with Crippen molar-refractivity contribution in [2.75, 3.05) is 0 Å². The molecule has 0 bridgehead atoms. The molecule has 1 N–H and O–H groups in total. The van der Waals surface area contributed by atoms with Gasteiger partial charge >= 0.3 is 0 Å². The molecule has 0 fully saturated rings. The van der Waals surface area contributed by atoms with E-state index in [2.05, 4.69) is 39.6 Å². The van der Waals surface area contributed by atoms with Crippen molar-refractivity contribution in [1.29, 1.82) is 0 Å².